The van der Waals surface area contributed by atoms with E-state index >= 15 is 0 Å². The fourth-order valence-electron chi connectivity index (χ4n) is 2.21. The Balaban J connectivity index is 1.77. The van der Waals surface area contributed by atoms with Crippen LogP contribution in [0.5, 0.6) is 0 Å². The molecule has 0 heterocycles. The second-order valence-corrected chi connectivity index (χ2v) is 6.84. The zero-order valence-electron chi connectivity index (χ0n) is 14.0. The maximum Gasteiger partial charge on any atom is 0.0909 e. The summed E-state index contributed by atoms with van der Waals surface area (Å²) in [5.74, 6) is 0. The molecule has 0 bridgehead atoms. The highest BCUT2D eigenvalue weighted by atomic mass is 32.2. The van der Waals surface area contributed by atoms with Crippen molar-refractivity contribution < 1.29 is 14.9 Å². The summed E-state index contributed by atoms with van der Waals surface area (Å²) in [7, 11) is 0. The van der Waals surface area contributed by atoms with Gasteiger partial charge in [0.1, 0.15) is 0 Å². The molecule has 2 N–H and O–H groups in total. The third-order valence-electron chi connectivity index (χ3n) is 3.44. The van der Waals surface area contributed by atoms with Crippen LogP contribution in [0.3, 0.4) is 0 Å². The van der Waals surface area contributed by atoms with Gasteiger partial charge in [0.15, 0.2) is 0 Å². The Labute approximate surface area is 148 Å². The van der Waals surface area contributed by atoms with Gasteiger partial charge in [-0.05, 0) is 36.6 Å². The number of nitrogens with zero attached hydrogens (tertiary/aromatic N) is 1. The summed E-state index contributed by atoms with van der Waals surface area (Å²) in [6.07, 6.45) is -0.599. The molecule has 2 rings (SSSR count). The third kappa shape index (κ3) is 7.03. The number of aliphatic hydroxyl groups excluding tert-OH is 2. The second-order valence-electron chi connectivity index (χ2n) is 5.67. The van der Waals surface area contributed by atoms with Crippen LogP contribution in [0.1, 0.15) is 11.1 Å². The molecule has 0 saturated heterocycles. The first-order valence-electron chi connectivity index (χ1n) is 8.07. The topological polar surface area (TPSA) is 52.9 Å². The van der Waals surface area contributed by atoms with Crippen molar-refractivity contribution in [1.29, 1.82) is 0 Å². The summed E-state index contributed by atoms with van der Waals surface area (Å²) >= 11 is 1.54. The van der Waals surface area contributed by atoms with Crippen LogP contribution in [0.25, 0.3) is 0 Å². The Bertz CT molecular complexity index is 577. The lowest BCUT2D eigenvalue weighted by Gasteiger charge is -2.23. The highest BCUT2D eigenvalue weighted by Gasteiger charge is 2.13. The zero-order valence-corrected chi connectivity index (χ0v) is 14.8. The summed E-state index contributed by atoms with van der Waals surface area (Å²) < 4.78 is 7.54. The van der Waals surface area contributed by atoms with Crippen molar-refractivity contribution in [3.05, 3.63) is 65.7 Å². The van der Waals surface area contributed by atoms with Gasteiger partial charge in [0, 0.05) is 18.0 Å². The van der Waals surface area contributed by atoms with Gasteiger partial charge < -0.3 is 14.9 Å². The molecule has 0 fully saturated rings. The van der Waals surface area contributed by atoms with Gasteiger partial charge in [0.05, 0.1) is 25.9 Å². The molecule has 1 unspecified atom stereocenters. The van der Waals surface area contributed by atoms with E-state index in [2.05, 4.69) is 12.1 Å². The molecule has 0 radical (unpaired) electrons. The number of rotatable bonds is 10. The maximum atomic E-state index is 10.2. The Morgan fingerprint density at radius 1 is 1.08 bits per heavy atom. The quantitative estimate of drug-likeness (QED) is 0.647. The van der Waals surface area contributed by atoms with Crippen LogP contribution in [0.15, 0.2) is 59.5 Å². The fraction of sp³-hybridized carbons (Fsp3) is 0.368. The van der Waals surface area contributed by atoms with Gasteiger partial charge in [-0.1, -0.05) is 48.0 Å². The molecule has 0 saturated carbocycles. The van der Waals surface area contributed by atoms with Crippen molar-refractivity contribution in [3.8, 4) is 0 Å². The van der Waals surface area contributed by atoms with Gasteiger partial charge in [-0.25, -0.2) is 4.31 Å². The van der Waals surface area contributed by atoms with Gasteiger partial charge in [0.25, 0.3) is 0 Å². The number of hydrogen-bond donors (Lipinski definition) is 2. The molecular formula is C19H25NO3S. The molecule has 0 aromatic heterocycles. The predicted octanol–water partition coefficient (Wildman–Crippen LogP) is 2.87. The summed E-state index contributed by atoms with van der Waals surface area (Å²) in [6.45, 7) is 3.79. The molecule has 24 heavy (non-hydrogen) atoms. The molecule has 130 valence electrons. The minimum absolute atomic E-state index is 0.0520. The van der Waals surface area contributed by atoms with E-state index in [0.717, 1.165) is 10.5 Å². The number of aliphatic hydroxyl groups is 2. The average Bonchev–Trinajstić information content (AvgIpc) is 2.58. The Morgan fingerprint density at radius 2 is 1.79 bits per heavy atom. The highest BCUT2D eigenvalue weighted by Crippen LogP contribution is 2.22. The minimum Gasteiger partial charge on any atom is -0.395 e. The lowest BCUT2D eigenvalue weighted by atomic mass is 10.2. The minimum atomic E-state index is -0.599. The first kappa shape index (κ1) is 19.0. The Morgan fingerprint density at radius 3 is 2.46 bits per heavy atom. The molecule has 0 aliphatic rings. The Kier molecular flexibility index (Phi) is 8.28. The first-order valence-corrected chi connectivity index (χ1v) is 8.85. The van der Waals surface area contributed by atoms with Crippen LogP contribution in [0.2, 0.25) is 0 Å². The van der Waals surface area contributed by atoms with Crippen LogP contribution in [0.4, 0.5) is 0 Å². The molecule has 2 aromatic carbocycles. The summed E-state index contributed by atoms with van der Waals surface area (Å²) in [4.78, 5) is 1.09. The normalized spacial score (nSPS) is 12.5. The van der Waals surface area contributed by atoms with Gasteiger partial charge in [-0.2, -0.15) is 0 Å². The SMILES string of the molecule is Cc1ccc(SN(CCO)CC(O)COCc2ccccc2)cc1. The molecule has 0 aliphatic heterocycles. The number of ether oxygens (including phenoxy) is 1. The molecule has 2 aromatic rings. The summed E-state index contributed by atoms with van der Waals surface area (Å²) in [5, 5.41) is 19.4. The van der Waals surface area contributed by atoms with Crippen molar-refractivity contribution in [3.63, 3.8) is 0 Å². The zero-order chi connectivity index (χ0) is 17.2. The smallest absolute Gasteiger partial charge is 0.0909 e. The molecule has 0 aliphatic carbocycles. The average molecular weight is 347 g/mol. The molecule has 4 nitrogen and oxygen atoms in total. The third-order valence-corrected chi connectivity index (χ3v) is 4.51. The fourth-order valence-corrected chi connectivity index (χ4v) is 3.18. The molecule has 5 heteroatoms. The van der Waals surface area contributed by atoms with Gasteiger partial charge in [-0.3, -0.25) is 0 Å². The van der Waals surface area contributed by atoms with E-state index in [1.54, 1.807) is 0 Å². The highest BCUT2D eigenvalue weighted by molar-refractivity contribution is 7.97. The van der Waals surface area contributed by atoms with E-state index in [9.17, 15) is 10.2 Å². The van der Waals surface area contributed by atoms with Crippen LogP contribution < -0.4 is 0 Å². The van der Waals surface area contributed by atoms with Crippen LogP contribution in [-0.4, -0.2) is 46.9 Å². The molecular weight excluding hydrogens is 322 g/mol. The standard InChI is InChI=1S/C19H25NO3S/c1-16-7-9-19(10-8-16)24-20(11-12-21)13-18(22)15-23-14-17-5-3-2-4-6-17/h2-10,18,21-22H,11-15H2,1H3. The van der Waals surface area contributed by atoms with E-state index in [4.69, 9.17) is 4.74 Å². The first-order chi connectivity index (χ1) is 11.7. The van der Waals surface area contributed by atoms with Gasteiger partial charge >= 0.3 is 0 Å². The predicted molar refractivity (Wildman–Crippen MR) is 97.8 cm³/mol. The molecule has 0 amide bonds. The second kappa shape index (κ2) is 10.5. The Hall–Kier alpha value is -1.37. The van der Waals surface area contributed by atoms with Crippen LogP contribution in [-0.2, 0) is 11.3 Å². The van der Waals surface area contributed by atoms with E-state index in [1.807, 2.05) is 53.7 Å². The van der Waals surface area contributed by atoms with Crippen molar-refractivity contribution >= 4 is 11.9 Å². The maximum absolute atomic E-state index is 10.2. The lowest BCUT2D eigenvalue weighted by Crippen LogP contribution is -2.32. The number of hydrogen-bond acceptors (Lipinski definition) is 5. The van der Waals surface area contributed by atoms with Gasteiger partial charge in [-0.15, -0.1) is 0 Å². The van der Waals surface area contributed by atoms with Crippen molar-refractivity contribution in [2.75, 3.05) is 26.3 Å². The van der Waals surface area contributed by atoms with E-state index in [0.29, 0.717) is 19.7 Å². The van der Waals surface area contributed by atoms with E-state index in [-0.39, 0.29) is 13.2 Å². The van der Waals surface area contributed by atoms with Crippen molar-refractivity contribution in [2.45, 2.75) is 24.5 Å². The monoisotopic (exact) mass is 347 g/mol. The lowest BCUT2D eigenvalue weighted by molar-refractivity contribution is 0.0202. The van der Waals surface area contributed by atoms with Crippen LogP contribution in [0, 0.1) is 6.92 Å². The summed E-state index contributed by atoms with van der Waals surface area (Å²) in [6, 6.07) is 18.1. The van der Waals surface area contributed by atoms with E-state index in [1.165, 1.54) is 17.5 Å². The molecule has 0 spiro atoms. The van der Waals surface area contributed by atoms with Crippen molar-refractivity contribution in [1.82, 2.24) is 4.31 Å². The van der Waals surface area contributed by atoms with Crippen LogP contribution >= 0.6 is 11.9 Å². The van der Waals surface area contributed by atoms with Gasteiger partial charge in [0.2, 0.25) is 0 Å². The summed E-state index contributed by atoms with van der Waals surface area (Å²) in [5.41, 5.74) is 2.30. The van der Waals surface area contributed by atoms with Crippen molar-refractivity contribution in [2.24, 2.45) is 0 Å². The number of benzene rings is 2. The largest absolute Gasteiger partial charge is 0.395 e. The van der Waals surface area contributed by atoms with E-state index < -0.39 is 6.10 Å². The number of aryl methyl sites for hydroxylation is 1. The molecule has 1 atom stereocenters.